The first kappa shape index (κ1) is 19.4. The van der Waals surface area contributed by atoms with Crippen molar-refractivity contribution in [1.82, 2.24) is 9.21 Å². The zero-order chi connectivity index (χ0) is 18.7. The van der Waals surface area contributed by atoms with E-state index in [1.165, 1.54) is 33.0 Å². The van der Waals surface area contributed by atoms with Crippen molar-refractivity contribution in [2.75, 3.05) is 31.9 Å². The van der Waals surface area contributed by atoms with Gasteiger partial charge in [-0.25, -0.2) is 8.42 Å². The molecule has 1 amide bonds. The molecule has 5 nitrogen and oxygen atoms in total. The van der Waals surface area contributed by atoms with Crippen LogP contribution < -0.4 is 0 Å². The van der Waals surface area contributed by atoms with Crippen molar-refractivity contribution in [2.24, 2.45) is 0 Å². The van der Waals surface area contributed by atoms with Gasteiger partial charge in [-0.3, -0.25) is 4.79 Å². The van der Waals surface area contributed by atoms with Crippen molar-refractivity contribution in [3.63, 3.8) is 0 Å². The number of thiophene rings is 1. The Balaban J connectivity index is 1.53. The maximum atomic E-state index is 12.6. The van der Waals surface area contributed by atoms with E-state index in [0.717, 1.165) is 9.77 Å². The van der Waals surface area contributed by atoms with E-state index in [0.29, 0.717) is 36.1 Å². The molecule has 1 aromatic carbocycles. The van der Waals surface area contributed by atoms with Crippen molar-refractivity contribution >= 4 is 39.0 Å². The summed E-state index contributed by atoms with van der Waals surface area (Å²) < 4.78 is 27.1. The van der Waals surface area contributed by atoms with Crippen molar-refractivity contribution in [3.8, 4) is 0 Å². The largest absolute Gasteiger partial charge is 0.339 e. The van der Waals surface area contributed by atoms with Crippen LogP contribution in [-0.4, -0.2) is 55.5 Å². The number of aryl methyl sites for hydroxylation is 2. The molecule has 1 aromatic heterocycles. The lowest BCUT2D eigenvalue weighted by molar-refractivity contribution is -0.129. The third-order valence-corrected chi connectivity index (χ3v) is 8.65. The van der Waals surface area contributed by atoms with E-state index in [1.54, 1.807) is 11.0 Å². The van der Waals surface area contributed by atoms with Crippen LogP contribution in [0.1, 0.15) is 10.4 Å². The van der Waals surface area contributed by atoms with E-state index in [1.807, 2.05) is 44.2 Å². The number of carbonyl (C=O) groups excluding carboxylic acids is 1. The lowest BCUT2D eigenvalue weighted by Crippen LogP contribution is -2.50. The third kappa shape index (κ3) is 4.49. The van der Waals surface area contributed by atoms with Gasteiger partial charge in [-0.05, 0) is 38.1 Å². The van der Waals surface area contributed by atoms with Crippen LogP contribution in [0.2, 0.25) is 0 Å². The van der Waals surface area contributed by atoms with Crippen molar-refractivity contribution in [3.05, 3.63) is 46.8 Å². The summed E-state index contributed by atoms with van der Waals surface area (Å²) in [5.74, 6) is 0.430. The van der Waals surface area contributed by atoms with Gasteiger partial charge < -0.3 is 4.90 Å². The SMILES string of the molecule is Cc1ccc(SCC(=O)N2CCN(S(=O)(=O)c3ccc(C)s3)CC2)cc1. The van der Waals surface area contributed by atoms with Gasteiger partial charge in [0, 0.05) is 36.0 Å². The average molecular weight is 411 g/mol. The van der Waals surface area contributed by atoms with Gasteiger partial charge in [0.05, 0.1) is 5.75 Å². The van der Waals surface area contributed by atoms with Crippen LogP contribution in [0.3, 0.4) is 0 Å². The molecule has 0 aliphatic carbocycles. The summed E-state index contributed by atoms with van der Waals surface area (Å²) in [6.45, 7) is 5.50. The quantitative estimate of drug-likeness (QED) is 0.711. The molecule has 26 heavy (non-hydrogen) atoms. The Bertz CT molecular complexity index is 867. The highest BCUT2D eigenvalue weighted by Gasteiger charge is 2.30. The Morgan fingerprint density at radius 1 is 1.04 bits per heavy atom. The maximum Gasteiger partial charge on any atom is 0.252 e. The zero-order valence-electron chi connectivity index (χ0n) is 14.8. The highest BCUT2D eigenvalue weighted by Crippen LogP contribution is 2.25. The molecule has 8 heteroatoms. The summed E-state index contributed by atoms with van der Waals surface area (Å²) in [6, 6.07) is 11.6. The Morgan fingerprint density at radius 2 is 1.69 bits per heavy atom. The second-order valence-electron chi connectivity index (χ2n) is 6.25. The summed E-state index contributed by atoms with van der Waals surface area (Å²) in [5.41, 5.74) is 1.19. The Hall–Kier alpha value is -1.35. The number of benzene rings is 1. The molecule has 0 saturated carbocycles. The predicted molar refractivity (Wildman–Crippen MR) is 106 cm³/mol. The Labute approximate surface area is 163 Å². The standard InChI is InChI=1S/C18H22N2O3S3/c1-14-3-6-16(7-4-14)24-13-17(21)19-9-11-20(12-10-19)26(22,23)18-8-5-15(2)25-18/h3-8H,9-13H2,1-2H3. The molecular formula is C18H22N2O3S3. The molecule has 1 fully saturated rings. The second-order valence-corrected chi connectivity index (χ2v) is 10.8. The monoisotopic (exact) mass is 410 g/mol. The number of carbonyl (C=O) groups is 1. The maximum absolute atomic E-state index is 12.6. The minimum absolute atomic E-state index is 0.0552. The highest BCUT2D eigenvalue weighted by molar-refractivity contribution is 8.00. The van der Waals surface area contributed by atoms with Crippen LogP contribution in [0, 0.1) is 13.8 Å². The molecule has 2 aromatic rings. The number of rotatable bonds is 5. The molecule has 3 rings (SSSR count). The van der Waals surface area contributed by atoms with E-state index in [2.05, 4.69) is 0 Å². The summed E-state index contributed by atoms with van der Waals surface area (Å²) >= 11 is 2.80. The summed E-state index contributed by atoms with van der Waals surface area (Å²) in [4.78, 5) is 16.2. The van der Waals surface area contributed by atoms with Crippen molar-refractivity contribution in [1.29, 1.82) is 0 Å². The van der Waals surface area contributed by atoms with E-state index < -0.39 is 10.0 Å². The Kier molecular flexibility index (Phi) is 6.06. The molecule has 1 saturated heterocycles. The molecule has 0 radical (unpaired) electrons. The number of sulfonamides is 1. The van der Waals surface area contributed by atoms with Crippen LogP contribution in [0.25, 0.3) is 0 Å². The predicted octanol–water partition coefficient (Wildman–Crippen LogP) is 2.99. The van der Waals surface area contributed by atoms with Crippen molar-refractivity contribution < 1.29 is 13.2 Å². The third-order valence-electron chi connectivity index (χ3n) is 4.28. The first-order chi connectivity index (χ1) is 12.4. The van der Waals surface area contributed by atoms with Crippen LogP contribution in [0.5, 0.6) is 0 Å². The Morgan fingerprint density at radius 3 is 2.27 bits per heavy atom. The summed E-state index contributed by atoms with van der Waals surface area (Å²) in [7, 11) is -3.44. The average Bonchev–Trinajstić information content (AvgIpc) is 3.08. The number of piperazine rings is 1. The van der Waals surface area contributed by atoms with E-state index in [4.69, 9.17) is 0 Å². The van der Waals surface area contributed by atoms with Gasteiger partial charge >= 0.3 is 0 Å². The van der Waals surface area contributed by atoms with E-state index in [-0.39, 0.29) is 5.91 Å². The number of hydrogen-bond donors (Lipinski definition) is 0. The molecule has 2 heterocycles. The number of nitrogens with zero attached hydrogens (tertiary/aromatic N) is 2. The minimum atomic E-state index is -3.44. The molecule has 0 unspecified atom stereocenters. The van der Waals surface area contributed by atoms with E-state index in [9.17, 15) is 13.2 Å². The fraction of sp³-hybridized carbons (Fsp3) is 0.389. The molecular weight excluding hydrogens is 388 g/mol. The molecule has 1 aliphatic heterocycles. The molecule has 0 atom stereocenters. The second kappa shape index (κ2) is 8.12. The lowest BCUT2D eigenvalue weighted by atomic mass is 10.2. The van der Waals surface area contributed by atoms with Crippen LogP contribution in [0.4, 0.5) is 0 Å². The van der Waals surface area contributed by atoms with E-state index >= 15 is 0 Å². The first-order valence-electron chi connectivity index (χ1n) is 8.40. The number of thioether (sulfide) groups is 1. The topological polar surface area (TPSA) is 57.7 Å². The molecule has 1 aliphatic rings. The number of amides is 1. The van der Waals surface area contributed by atoms with Crippen molar-refractivity contribution in [2.45, 2.75) is 23.0 Å². The van der Waals surface area contributed by atoms with Gasteiger partial charge in [0.1, 0.15) is 4.21 Å². The first-order valence-corrected chi connectivity index (χ1v) is 11.6. The van der Waals surface area contributed by atoms with Gasteiger partial charge in [-0.15, -0.1) is 23.1 Å². The lowest BCUT2D eigenvalue weighted by Gasteiger charge is -2.33. The minimum Gasteiger partial charge on any atom is -0.339 e. The molecule has 0 spiro atoms. The molecule has 140 valence electrons. The normalized spacial score (nSPS) is 16.0. The zero-order valence-corrected chi connectivity index (χ0v) is 17.3. The number of hydrogen-bond acceptors (Lipinski definition) is 5. The smallest absolute Gasteiger partial charge is 0.252 e. The van der Waals surface area contributed by atoms with Crippen LogP contribution in [0.15, 0.2) is 45.5 Å². The van der Waals surface area contributed by atoms with Crippen LogP contribution >= 0.6 is 23.1 Å². The molecule has 0 N–H and O–H groups in total. The molecule has 0 bridgehead atoms. The fourth-order valence-corrected chi connectivity index (χ4v) is 6.39. The fourth-order valence-electron chi connectivity index (χ4n) is 2.73. The summed E-state index contributed by atoms with van der Waals surface area (Å²) in [6.07, 6.45) is 0. The van der Waals surface area contributed by atoms with Gasteiger partial charge in [0.15, 0.2) is 0 Å². The highest BCUT2D eigenvalue weighted by atomic mass is 32.2. The van der Waals surface area contributed by atoms with Gasteiger partial charge in [-0.2, -0.15) is 4.31 Å². The van der Waals surface area contributed by atoms with Crippen LogP contribution in [-0.2, 0) is 14.8 Å². The van der Waals surface area contributed by atoms with Gasteiger partial charge in [-0.1, -0.05) is 17.7 Å². The van der Waals surface area contributed by atoms with Gasteiger partial charge in [0.25, 0.3) is 10.0 Å². The summed E-state index contributed by atoms with van der Waals surface area (Å²) in [5, 5.41) is 0. The van der Waals surface area contributed by atoms with Gasteiger partial charge in [0.2, 0.25) is 5.91 Å².